The summed E-state index contributed by atoms with van der Waals surface area (Å²) in [5.41, 5.74) is 0. The molecule has 0 rings (SSSR count). The van der Waals surface area contributed by atoms with Gasteiger partial charge < -0.3 is 5.48 Å². The molecule has 208 valence electrons. The first-order valence-electron chi connectivity index (χ1n) is 15.0. The van der Waals surface area contributed by atoms with E-state index in [1.807, 2.05) is 0 Å². The Balaban J connectivity index is 0. The minimum atomic E-state index is -0.269. The SMILES string of the molecule is CCCCCCCCCC(=O)N(C(=O)CCCCCCCCC)C(=O)CCCCCCCCC.O. The van der Waals surface area contributed by atoms with Crippen molar-refractivity contribution in [3.05, 3.63) is 0 Å². The Morgan fingerprint density at radius 1 is 0.371 bits per heavy atom. The summed E-state index contributed by atoms with van der Waals surface area (Å²) >= 11 is 0. The average molecular weight is 498 g/mol. The van der Waals surface area contributed by atoms with Crippen molar-refractivity contribution < 1.29 is 19.9 Å². The maximum atomic E-state index is 12.9. The van der Waals surface area contributed by atoms with Crippen LogP contribution in [0, 0.1) is 0 Å². The molecular formula is C30H59NO4. The van der Waals surface area contributed by atoms with Gasteiger partial charge in [-0.3, -0.25) is 14.4 Å². The van der Waals surface area contributed by atoms with Crippen molar-refractivity contribution in [3.8, 4) is 0 Å². The van der Waals surface area contributed by atoms with Crippen molar-refractivity contribution in [2.45, 2.75) is 175 Å². The number of rotatable bonds is 24. The van der Waals surface area contributed by atoms with Crippen LogP contribution in [0.1, 0.15) is 175 Å². The Kier molecular flexibility index (Phi) is 28.1. The van der Waals surface area contributed by atoms with Crippen LogP contribution in [0.4, 0.5) is 0 Å². The second-order valence-corrected chi connectivity index (χ2v) is 10.1. The standard InChI is InChI=1S/C30H57NO3.H2O/c1-4-7-10-13-16-19-22-25-28(32)31(29(33)26-23-20-17-14-11-8-5-2)30(34)27-24-21-18-15-12-9-6-3;/h4-27H2,1-3H3;1H2. The van der Waals surface area contributed by atoms with E-state index in [0.717, 1.165) is 62.7 Å². The van der Waals surface area contributed by atoms with Gasteiger partial charge in [0.25, 0.3) is 0 Å². The third-order valence-corrected chi connectivity index (χ3v) is 6.73. The summed E-state index contributed by atoms with van der Waals surface area (Å²) in [5.74, 6) is -0.807. The van der Waals surface area contributed by atoms with Gasteiger partial charge in [0.05, 0.1) is 0 Å². The minimum absolute atomic E-state index is 0. The second kappa shape index (κ2) is 27.4. The fourth-order valence-corrected chi connectivity index (χ4v) is 4.45. The Morgan fingerprint density at radius 2 is 0.571 bits per heavy atom. The molecule has 2 N–H and O–H groups in total. The zero-order valence-corrected chi connectivity index (χ0v) is 23.6. The molecule has 0 saturated carbocycles. The topological polar surface area (TPSA) is 86.0 Å². The number of hydrogen-bond donors (Lipinski definition) is 0. The number of nitrogens with zero attached hydrogens (tertiary/aromatic N) is 1. The van der Waals surface area contributed by atoms with Crippen molar-refractivity contribution in [1.82, 2.24) is 4.90 Å². The first kappa shape index (κ1) is 35.9. The van der Waals surface area contributed by atoms with E-state index in [1.54, 1.807) is 0 Å². The zero-order valence-electron chi connectivity index (χ0n) is 23.6. The van der Waals surface area contributed by atoms with Gasteiger partial charge in [0, 0.05) is 19.3 Å². The number of carbonyl (C=O) groups is 3. The largest absolute Gasteiger partial charge is 0.412 e. The van der Waals surface area contributed by atoms with Crippen LogP contribution < -0.4 is 0 Å². The van der Waals surface area contributed by atoms with E-state index in [9.17, 15) is 14.4 Å². The Hall–Kier alpha value is -1.23. The molecule has 0 saturated heterocycles. The molecule has 0 radical (unpaired) electrons. The molecule has 0 heterocycles. The lowest BCUT2D eigenvalue weighted by Crippen LogP contribution is -2.41. The molecular weight excluding hydrogens is 438 g/mol. The summed E-state index contributed by atoms with van der Waals surface area (Å²) in [7, 11) is 0. The third kappa shape index (κ3) is 21.7. The highest BCUT2D eigenvalue weighted by Crippen LogP contribution is 2.15. The van der Waals surface area contributed by atoms with Crippen LogP contribution in [0.2, 0.25) is 0 Å². The molecule has 0 aromatic carbocycles. The van der Waals surface area contributed by atoms with Gasteiger partial charge in [-0.25, -0.2) is 4.90 Å². The van der Waals surface area contributed by atoms with Gasteiger partial charge in [0.15, 0.2) is 0 Å². The molecule has 0 fully saturated rings. The maximum Gasteiger partial charge on any atom is 0.236 e. The molecule has 3 amide bonds. The van der Waals surface area contributed by atoms with Crippen LogP contribution in [-0.2, 0) is 14.4 Å². The Morgan fingerprint density at radius 3 is 0.800 bits per heavy atom. The van der Waals surface area contributed by atoms with Crippen molar-refractivity contribution in [2.24, 2.45) is 0 Å². The second-order valence-electron chi connectivity index (χ2n) is 10.1. The molecule has 0 bridgehead atoms. The zero-order chi connectivity index (χ0) is 25.3. The van der Waals surface area contributed by atoms with Gasteiger partial charge in [0.2, 0.25) is 17.7 Å². The summed E-state index contributed by atoms with van der Waals surface area (Å²) in [6, 6.07) is 0. The lowest BCUT2D eigenvalue weighted by molar-refractivity contribution is -0.154. The molecule has 35 heavy (non-hydrogen) atoms. The molecule has 0 aromatic heterocycles. The maximum absolute atomic E-state index is 12.9. The van der Waals surface area contributed by atoms with Crippen LogP contribution >= 0.6 is 0 Å². The molecule has 0 spiro atoms. The van der Waals surface area contributed by atoms with Crippen LogP contribution in [0.15, 0.2) is 0 Å². The molecule has 0 aromatic rings. The van der Waals surface area contributed by atoms with E-state index in [0.29, 0.717) is 19.3 Å². The molecule has 0 unspecified atom stereocenters. The van der Waals surface area contributed by atoms with Gasteiger partial charge in [0.1, 0.15) is 0 Å². The number of imide groups is 3. The van der Waals surface area contributed by atoms with E-state index in [-0.39, 0.29) is 23.2 Å². The molecule has 0 aliphatic carbocycles. The summed E-state index contributed by atoms with van der Waals surface area (Å²) < 4.78 is 0. The van der Waals surface area contributed by atoms with Crippen LogP contribution in [0.5, 0.6) is 0 Å². The van der Waals surface area contributed by atoms with E-state index in [2.05, 4.69) is 20.8 Å². The highest BCUT2D eigenvalue weighted by Gasteiger charge is 2.27. The summed E-state index contributed by atoms with van der Waals surface area (Å²) in [5, 5.41) is 0. The first-order chi connectivity index (χ1) is 16.6. The quantitative estimate of drug-likeness (QED) is 0.125. The summed E-state index contributed by atoms with van der Waals surface area (Å²) in [4.78, 5) is 39.6. The van der Waals surface area contributed by atoms with Gasteiger partial charge in [-0.1, -0.05) is 136 Å². The monoisotopic (exact) mass is 497 g/mol. The van der Waals surface area contributed by atoms with Gasteiger partial charge >= 0.3 is 0 Å². The molecule has 0 atom stereocenters. The Bertz CT molecular complexity index is 435. The molecule has 5 nitrogen and oxygen atoms in total. The van der Waals surface area contributed by atoms with E-state index < -0.39 is 0 Å². The molecule has 5 heteroatoms. The van der Waals surface area contributed by atoms with Gasteiger partial charge in [-0.15, -0.1) is 0 Å². The van der Waals surface area contributed by atoms with Crippen molar-refractivity contribution in [2.75, 3.05) is 0 Å². The number of unbranched alkanes of at least 4 members (excludes halogenated alkanes) is 18. The summed E-state index contributed by atoms with van der Waals surface area (Å²) in [6.07, 6.45) is 24.6. The number of carbonyl (C=O) groups excluding carboxylic acids is 3. The van der Waals surface area contributed by atoms with Crippen molar-refractivity contribution >= 4 is 17.7 Å². The van der Waals surface area contributed by atoms with Crippen LogP contribution in [0.3, 0.4) is 0 Å². The highest BCUT2D eigenvalue weighted by atomic mass is 16.2. The molecule has 0 aliphatic rings. The fourth-order valence-electron chi connectivity index (χ4n) is 4.45. The van der Waals surface area contributed by atoms with Crippen molar-refractivity contribution in [1.29, 1.82) is 0 Å². The minimum Gasteiger partial charge on any atom is -0.412 e. The smallest absolute Gasteiger partial charge is 0.236 e. The Labute approximate surface area is 217 Å². The normalized spacial score (nSPS) is 10.7. The van der Waals surface area contributed by atoms with E-state index >= 15 is 0 Å². The van der Waals surface area contributed by atoms with Crippen LogP contribution in [-0.4, -0.2) is 28.1 Å². The first-order valence-corrected chi connectivity index (χ1v) is 15.0. The highest BCUT2D eigenvalue weighted by molar-refractivity contribution is 6.10. The fraction of sp³-hybridized carbons (Fsp3) is 0.900. The predicted octanol–water partition coefficient (Wildman–Crippen LogP) is 8.47. The molecule has 0 aliphatic heterocycles. The van der Waals surface area contributed by atoms with Crippen molar-refractivity contribution in [3.63, 3.8) is 0 Å². The lowest BCUT2D eigenvalue weighted by Gasteiger charge is -2.19. The predicted molar refractivity (Wildman–Crippen MR) is 148 cm³/mol. The van der Waals surface area contributed by atoms with Gasteiger partial charge in [-0.2, -0.15) is 0 Å². The van der Waals surface area contributed by atoms with E-state index in [4.69, 9.17) is 0 Å². The van der Waals surface area contributed by atoms with Gasteiger partial charge in [-0.05, 0) is 19.3 Å². The van der Waals surface area contributed by atoms with Crippen LogP contribution in [0.25, 0.3) is 0 Å². The lowest BCUT2D eigenvalue weighted by atomic mass is 10.1. The third-order valence-electron chi connectivity index (χ3n) is 6.73. The van der Waals surface area contributed by atoms with E-state index in [1.165, 1.54) is 77.0 Å². The number of amides is 3. The average Bonchev–Trinajstić information content (AvgIpc) is 2.82. The summed E-state index contributed by atoms with van der Waals surface area (Å²) in [6.45, 7) is 6.63. The number of hydrogen-bond acceptors (Lipinski definition) is 3.